The third kappa shape index (κ3) is 2.46. The van der Waals surface area contributed by atoms with Crippen LogP contribution in [0.1, 0.15) is 25.7 Å². The SMILES string of the molecule is NC1=NN(c2ccccc2)C=CC1C(=O)C1CCCC1. The molecule has 0 spiro atoms. The number of carbonyl (C=O) groups is 1. The van der Waals surface area contributed by atoms with Crippen molar-refractivity contribution in [1.82, 2.24) is 0 Å². The first-order valence-electron chi connectivity index (χ1n) is 7.16. The molecule has 1 aromatic carbocycles. The summed E-state index contributed by atoms with van der Waals surface area (Å²) in [5, 5.41) is 6.06. The van der Waals surface area contributed by atoms with Crippen LogP contribution in [0.2, 0.25) is 0 Å². The number of hydrogen-bond donors (Lipinski definition) is 1. The van der Waals surface area contributed by atoms with E-state index in [4.69, 9.17) is 5.73 Å². The number of amidine groups is 1. The van der Waals surface area contributed by atoms with Crippen LogP contribution in [0, 0.1) is 11.8 Å². The number of hydrogen-bond acceptors (Lipinski definition) is 4. The zero-order valence-corrected chi connectivity index (χ0v) is 11.4. The summed E-state index contributed by atoms with van der Waals surface area (Å²) < 4.78 is 0. The first-order valence-corrected chi connectivity index (χ1v) is 7.16. The van der Waals surface area contributed by atoms with Gasteiger partial charge in [0.2, 0.25) is 0 Å². The second-order valence-corrected chi connectivity index (χ2v) is 5.41. The zero-order valence-electron chi connectivity index (χ0n) is 11.4. The Morgan fingerprint density at radius 3 is 2.55 bits per heavy atom. The minimum Gasteiger partial charge on any atom is -0.385 e. The Bertz CT molecular complexity index is 544. The number of nitrogens with zero attached hydrogens (tertiary/aromatic N) is 2. The van der Waals surface area contributed by atoms with Crippen molar-refractivity contribution in [2.75, 3.05) is 5.01 Å². The van der Waals surface area contributed by atoms with Crippen LogP contribution in [-0.2, 0) is 4.79 Å². The van der Waals surface area contributed by atoms with Gasteiger partial charge in [0.1, 0.15) is 11.6 Å². The van der Waals surface area contributed by atoms with Crippen molar-refractivity contribution < 1.29 is 4.79 Å². The fraction of sp³-hybridized carbons (Fsp3) is 0.375. The molecule has 1 aliphatic carbocycles. The van der Waals surface area contributed by atoms with E-state index in [9.17, 15) is 4.79 Å². The van der Waals surface area contributed by atoms with Crippen LogP contribution in [0.5, 0.6) is 0 Å². The van der Waals surface area contributed by atoms with Gasteiger partial charge in [-0.25, -0.2) is 5.01 Å². The normalized spacial score (nSPS) is 22.9. The molecule has 2 aliphatic rings. The molecule has 1 heterocycles. The van der Waals surface area contributed by atoms with E-state index in [1.807, 2.05) is 42.6 Å². The number of hydrazone groups is 1. The molecule has 20 heavy (non-hydrogen) atoms. The van der Waals surface area contributed by atoms with Crippen molar-refractivity contribution >= 4 is 17.3 Å². The summed E-state index contributed by atoms with van der Waals surface area (Å²) >= 11 is 0. The summed E-state index contributed by atoms with van der Waals surface area (Å²) in [6.07, 6.45) is 8.01. The summed E-state index contributed by atoms with van der Waals surface area (Å²) in [7, 11) is 0. The minimum atomic E-state index is -0.349. The Labute approximate surface area is 119 Å². The van der Waals surface area contributed by atoms with Gasteiger partial charge in [0.25, 0.3) is 0 Å². The molecule has 104 valence electrons. The second-order valence-electron chi connectivity index (χ2n) is 5.41. The molecule has 4 heteroatoms. The van der Waals surface area contributed by atoms with Gasteiger partial charge in [0.05, 0.1) is 11.6 Å². The molecule has 0 saturated heterocycles. The molecule has 1 aliphatic heterocycles. The lowest BCUT2D eigenvalue weighted by Gasteiger charge is -2.24. The topological polar surface area (TPSA) is 58.7 Å². The lowest BCUT2D eigenvalue weighted by molar-refractivity contribution is -0.123. The van der Waals surface area contributed by atoms with E-state index in [0.717, 1.165) is 31.4 Å². The first kappa shape index (κ1) is 12.9. The van der Waals surface area contributed by atoms with E-state index in [-0.39, 0.29) is 17.6 Å². The molecule has 0 amide bonds. The third-order valence-electron chi connectivity index (χ3n) is 4.05. The number of anilines is 1. The van der Waals surface area contributed by atoms with Crippen molar-refractivity contribution in [2.45, 2.75) is 25.7 Å². The van der Waals surface area contributed by atoms with Crippen molar-refractivity contribution in [3.63, 3.8) is 0 Å². The molecule has 1 fully saturated rings. The summed E-state index contributed by atoms with van der Waals surface area (Å²) in [6.45, 7) is 0. The molecule has 4 nitrogen and oxygen atoms in total. The highest BCUT2D eigenvalue weighted by atomic mass is 16.1. The highest BCUT2D eigenvalue weighted by Crippen LogP contribution is 2.29. The van der Waals surface area contributed by atoms with E-state index in [0.29, 0.717) is 5.84 Å². The highest BCUT2D eigenvalue weighted by molar-refractivity contribution is 6.06. The summed E-state index contributed by atoms with van der Waals surface area (Å²) in [5.74, 6) is 0.445. The van der Waals surface area contributed by atoms with Crippen LogP contribution in [0.3, 0.4) is 0 Å². The van der Waals surface area contributed by atoms with Crippen molar-refractivity contribution in [3.05, 3.63) is 42.6 Å². The van der Waals surface area contributed by atoms with Crippen molar-refractivity contribution in [1.29, 1.82) is 0 Å². The molecule has 1 unspecified atom stereocenters. The molecule has 1 aromatic rings. The summed E-state index contributed by atoms with van der Waals surface area (Å²) in [4.78, 5) is 12.4. The van der Waals surface area contributed by atoms with Crippen LogP contribution < -0.4 is 10.7 Å². The highest BCUT2D eigenvalue weighted by Gasteiger charge is 2.31. The standard InChI is InChI=1S/C16H19N3O/c17-16-14(15(20)12-6-4-5-7-12)10-11-19(18-16)13-8-2-1-3-9-13/h1-3,8-12,14H,4-7H2,(H2,17,18). The van der Waals surface area contributed by atoms with E-state index < -0.39 is 0 Å². The predicted molar refractivity (Wildman–Crippen MR) is 80.1 cm³/mol. The van der Waals surface area contributed by atoms with Gasteiger partial charge in [0, 0.05) is 12.1 Å². The largest absolute Gasteiger partial charge is 0.385 e. The molecular weight excluding hydrogens is 250 g/mol. The molecule has 0 bridgehead atoms. The number of para-hydroxylation sites is 1. The van der Waals surface area contributed by atoms with Crippen LogP contribution in [-0.4, -0.2) is 11.6 Å². The second kappa shape index (κ2) is 5.49. The number of carbonyl (C=O) groups excluding carboxylic acids is 1. The number of benzene rings is 1. The fourth-order valence-corrected chi connectivity index (χ4v) is 2.92. The molecule has 3 rings (SSSR count). The fourth-order valence-electron chi connectivity index (χ4n) is 2.92. The van der Waals surface area contributed by atoms with Gasteiger partial charge in [0.15, 0.2) is 0 Å². The maximum absolute atomic E-state index is 12.4. The van der Waals surface area contributed by atoms with E-state index in [1.54, 1.807) is 5.01 Å². The number of rotatable bonds is 3. The van der Waals surface area contributed by atoms with Gasteiger partial charge >= 0.3 is 0 Å². The average molecular weight is 269 g/mol. The summed E-state index contributed by atoms with van der Waals surface area (Å²) in [5.41, 5.74) is 6.95. The smallest absolute Gasteiger partial charge is 0.150 e. The van der Waals surface area contributed by atoms with Crippen LogP contribution in [0.15, 0.2) is 47.7 Å². The van der Waals surface area contributed by atoms with Gasteiger partial charge in [-0.05, 0) is 31.1 Å². The third-order valence-corrected chi connectivity index (χ3v) is 4.05. The Kier molecular flexibility index (Phi) is 3.54. The average Bonchev–Trinajstić information content (AvgIpc) is 3.01. The predicted octanol–water partition coefficient (Wildman–Crippen LogP) is 2.67. The molecular formula is C16H19N3O. The lowest BCUT2D eigenvalue weighted by Crippen LogP contribution is -2.37. The van der Waals surface area contributed by atoms with Crippen molar-refractivity contribution in [3.8, 4) is 0 Å². The van der Waals surface area contributed by atoms with Gasteiger partial charge in [-0.15, -0.1) is 0 Å². The van der Waals surface area contributed by atoms with Crippen molar-refractivity contribution in [2.24, 2.45) is 22.7 Å². The van der Waals surface area contributed by atoms with Gasteiger partial charge in [-0.3, -0.25) is 4.79 Å². The minimum absolute atomic E-state index is 0.168. The van der Waals surface area contributed by atoms with E-state index >= 15 is 0 Å². The Morgan fingerprint density at radius 2 is 1.90 bits per heavy atom. The zero-order chi connectivity index (χ0) is 13.9. The number of ketones is 1. The van der Waals surface area contributed by atoms with Crippen LogP contribution >= 0.6 is 0 Å². The van der Waals surface area contributed by atoms with Gasteiger partial charge < -0.3 is 5.73 Å². The lowest BCUT2D eigenvalue weighted by atomic mass is 9.90. The molecule has 0 aromatic heterocycles. The quantitative estimate of drug-likeness (QED) is 0.917. The number of Topliss-reactive ketones (excluding diaryl/α,β-unsaturated/α-hetero) is 1. The Morgan fingerprint density at radius 1 is 1.20 bits per heavy atom. The maximum Gasteiger partial charge on any atom is 0.150 e. The Balaban J connectivity index is 1.75. The molecule has 2 N–H and O–H groups in total. The molecule has 0 radical (unpaired) electrons. The maximum atomic E-state index is 12.4. The first-order chi connectivity index (χ1) is 9.75. The Hall–Kier alpha value is -2.10. The van der Waals surface area contributed by atoms with Crippen LogP contribution in [0.4, 0.5) is 5.69 Å². The van der Waals surface area contributed by atoms with Gasteiger partial charge in [-0.2, -0.15) is 5.10 Å². The van der Waals surface area contributed by atoms with E-state index in [2.05, 4.69) is 5.10 Å². The van der Waals surface area contributed by atoms with Gasteiger partial charge in [-0.1, -0.05) is 31.0 Å². The van der Waals surface area contributed by atoms with Crippen LogP contribution in [0.25, 0.3) is 0 Å². The van der Waals surface area contributed by atoms with E-state index in [1.165, 1.54) is 0 Å². The molecule has 1 saturated carbocycles. The summed E-state index contributed by atoms with van der Waals surface area (Å²) in [6, 6.07) is 9.77. The monoisotopic (exact) mass is 269 g/mol. The molecule has 1 atom stereocenters. The number of nitrogens with two attached hydrogens (primary N) is 1.